The maximum atomic E-state index is 5.63. The van der Waals surface area contributed by atoms with E-state index in [0.717, 1.165) is 27.8 Å². The fourth-order valence-corrected chi connectivity index (χ4v) is 2.33. The second-order valence-electron chi connectivity index (χ2n) is 4.07. The molecule has 0 amide bonds. The van der Waals surface area contributed by atoms with Crippen molar-refractivity contribution in [2.75, 3.05) is 13.2 Å². The third-order valence-corrected chi connectivity index (χ3v) is 3.94. The fourth-order valence-electron chi connectivity index (χ4n) is 1.64. The molecule has 0 aliphatic heterocycles. The van der Waals surface area contributed by atoms with Gasteiger partial charge in [0.1, 0.15) is 12.4 Å². The first-order valence-corrected chi connectivity index (χ1v) is 7.67. The largest absolute Gasteiger partial charge is 0.492 e. The molecule has 0 saturated carbocycles. The van der Waals surface area contributed by atoms with Gasteiger partial charge >= 0.3 is 0 Å². The van der Waals surface area contributed by atoms with Crippen molar-refractivity contribution in [1.82, 2.24) is 5.32 Å². The first-order chi connectivity index (χ1) is 9.25. The summed E-state index contributed by atoms with van der Waals surface area (Å²) in [5, 5.41) is 3.36. The van der Waals surface area contributed by atoms with Gasteiger partial charge in [0.15, 0.2) is 0 Å². The Hall–Kier alpha value is -0.840. The smallest absolute Gasteiger partial charge is 0.119 e. The molecule has 2 rings (SSSR count). The second kappa shape index (κ2) is 7.68. The maximum Gasteiger partial charge on any atom is 0.119 e. The van der Waals surface area contributed by atoms with Gasteiger partial charge in [-0.3, -0.25) is 0 Å². The summed E-state index contributed by atoms with van der Waals surface area (Å²) in [7, 11) is 0. The SMILES string of the molecule is Brc1ccc(OCCNCc2ccccc2Br)cc1. The predicted molar refractivity (Wildman–Crippen MR) is 85.5 cm³/mol. The van der Waals surface area contributed by atoms with Crippen LogP contribution in [0.25, 0.3) is 0 Å². The van der Waals surface area contributed by atoms with Crippen LogP contribution < -0.4 is 10.1 Å². The van der Waals surface area contributed by atoms with Gasteiger partial charge in [0.05, 0.1) is 0 Å². The summed E-state index contributed by atoms with van der Waals surface area (Å²) in [4.78, 5) is 0. The summed E-state index contributed by atoms with van der Waals surface area (Å²) >= 11 is 6.93. The average Bonchev–Trinajstić information content (AvgIpc) is 2.42. The van der Waals surface area contributed by atoms with Crippen molar-refractivity contribution in [1.29, 1.82) is 0 Å². The minimum absolute atomic E-state index is 0.659. The fraction of sp³-hybridized carbons (Fsp3) is 0.200. The molecule has 0 fully saturated rings. The van der Waals surface area contributed by atoms with Crippen molar-refractivity contribution in [2.24, 2.45) is 0 Å². The third-order valence-electron chi connectivity index (χ3n) is 2.63. The lowest BCUT2D eigenvalue weighted by molar-refractivity contribution is 0.313. The molecule has 1 N–H and O–H groups in total. The highest BCUT2D eigenvalue weighted by Gasteiger charge is 1.98. The molecule has 0 aliphatic rings. The number of hydrogen-bond acceptors (Lipinski definition) is 2. The van der Waals surface area contributed by atoms with Crippen LogP contribution in [0, 0.1) is 0 Å². The van der Waals surface area contributed by atoms with Gasteiger partial charge < -0.3 is 10.1 Å². The molecule has 0 spiro atoms. The number of benzene rings is 2. The first-order valence-electron chi connectivity index (χ1n) is 6.08. The van der Waals surface area contributed by atoms with Crippen LogP contribution in [0.1, 0.15) is 5.56 Å². The molecule has 2 aromatic rings. The molecule has 4 heteroatoms. The normalized spacial score (nSPS) is 10.4. The zero-order valence-corrected chi connectivity index (χ0v) is 13.6. The van der Waals surface area contributed by atoms with E-state index < -0.39 is 0 Å². The lowest BCUT2D eigenvalue weighted by Gasteiger charge is -2.08. The number of rotatable bonds is 6. The minimum Gasteiger partial charge on any atom is -0.492 e. The van der Waals surface area contributed by atoms with Gasteiger partial charge in [0, 0.05) is 22.0 Å². The Balaban J connectivity index is 1.67. The van der Waals surface area contributed by atoms with E-state index in [0.29, 0.717) is 6.61 Å². The molecule has 19 heavy (non-hydrogen) atoms. The van der Waals surface area contributed by atoms with E-state index in [2.05, 4.69) is 49.3 Å². The van der Waals surface area contributed by atoms with Crippen LogP contribution in [-0.2, 0) is 6.54 Å². The zero-order chi connectivity index (χ0) is 13.5. The Bertz CT molecular complexity index is 514. The summed E-state index contributed by atoms with van der Waals surface area (Å²) in [6.07, 6.45) is 0. The van der Waals surface area contributed by atoms with Crippen LogP contribution in [0.5, 0.6) is 5.75 Å². The number of nitrogens with one attached hydrogen (secondary N) is 1. The topological polar surface area (TPSA) is 21.3 Å². The second-order valence-corrected chi connectivity index (χ2v) is 5.84. The molecule has 2 nitrogen and oxygen atoms in total. The van der Waals surface area contributed by atoms with Crippen molar-refractivity contribution < 1.29 is 4.74 Å². The number of halogens is 2. The van der Waals surface area contributed by atoms with Crippen LogP contribution in [0.4, 0.5) is 0 Å². The molecular formula is C15H15Br2NO. The Labute approximate surface area is 130 Å². The van der Waals surface area contributed by atoms with Gasteiger partial charge in [0.2, 0.25) is 0 Å². The standard InChI is InChI=1S/C15H15Br2NO/c16-13-5-7-14(8-6-13)19-10-9-18-11-12-3-1-2-4-15(12)17/h1-8,18H,9-11H2. The summed E-state index contributed by atoms with van der Waals surface area (Å²) < 4.78 is 7.83. The van der Waals surface area contributed by atoms with E-state index in [1.807, 2.05) is 36.4 Å². The molecule has 0 bridgehead atoms. The van der Waals surface area contributed by atoms with Gasteiger partial charge in [-0.1, -0.05) is 50.1 Å². The Kier molecular flexibility index (Phi) is 5.89. The summed E-state index contributed by atoms with van der Waals surface area (Å²) in [6, 6.07) is 16.1. The highest BCUT2D eigenvalue weighted by molar-refractivity contribution is 9.10. The van der Waals surface area contributed by atoms with E-state index in [1.54, 1.807) is 0 Å². The van der Waals surface area contributed by atoms with Crippen molar-refractivity contribution in [3.05, 3.63) is 63.0 Å². The molecule has 0 unspecified atom stereocenters. The van der Waals surface area contributed by atoms with Crippen LogP contribution in [-0.4, -0.2) is 13.2 Å². The lowest BCUT2D eigenvalue weighted by Crippen LogP contribution is -2.20. The van der Waals surface area contributed by atoms with Gasteiger partial charge in [-0.25, -0.2) is 0 Å². The highest BCUT2D eigenvalue weighted by atomic mass is 79.9. The average molecular weight is 385 g/mol. The van der Waals surface area contributed by atoms with Crippen molar-refractivity contribution in [3.8, 4) is 5.75 Å². The monoisotopic (exact) mass is 383 g/mol. The van der Waals surface area contributed by atoms with E-state index in [1.165, 1.54) is 5.56 Å². The molecule has 100 valence electrons. The maximum absolute atomic E-state index is 5.63. The van der Waals surface area contributed by atoms with E-state index in [4.69, 9.17) is 4.74 Å². The number of ether oxygens (including phenoxy) is 1. The van der Waals surface area contributed by atoms with Crippen molar-refractivity contribution in [2.45, 2.75) is 6.54 Å². The van der Waals surface area contributed by atoms with Crippen molar-refractivity contribution >= 4 is 31.9 Å². The van der Waals surface area contributed by atoms with E-state index >= 15 is 0 Å². The molecule has 0 radical (unpaired) electrons. The van der Waals surface area contributed by atoms with Crippen LogP contribution in [0.2, 0.25) is 0 Å². The zero-order valence-electron chi connectivity index (χ0n) is 10.4. The first kappa shape index (κ1) is 14.6. The van der Waals surface area contributed by atoms with Crippen LogP contribution in [0.3, 0.4) is 0 Å². The third kappa shape index (κ3) is 4.97. The van der Waals surface area contributed by atoms with Crippen LogP contribution >= 0.6 is 31.9 Å². The molecule has 0 saturated heterocycles. The number of hydrogen-bond donors (Lipinski definition) is 1. The predicted octanol–water partition coefficient (Wildman–Crippen LogP) is 4.38. The molecule has 0 heterocycles. The van der Waals surface area contributed by atoms with Gasteiger partial charge in [0.25, 0.3) is 0 Å². The van der Waals surface area contributed by atoms with Gasteiger partial charge in [-0.15, -0.1) is 0 Å². The molecule has 0 aliphatic carbocycles. The summed E-state index contributed by atoms with van der Waals surface area (Å²) in [6.45, 7) is 2.31. The van der Waals surface area contributed by atoms with E-state index in [9.17, 15) is 0 Å². The highest BCUT2D eigenvalue weighted by Crippen LogP contribution is 2.16. The minimum atomic E-state index is 0.659. The van der Waals surface area contributed by atoms with Crippen molar-refractivity contribution in [3.63, 3.8) is 0 Å². The van der Waals surface area contributed by atoms with E-state index in [-0.39, 0.29) is 0 Å². The van der Waals surface area contributed by atoms with Gasteiger partial charge in [-0.05, 0) is 35.9 Å². The van der Waals surface area contributed by atoms with Gasteiger partial charge in [-0.2, -0.15) is 0 Å². The molecule has 2 aromatic carbocycles. The summed E-state index contributed by atoms with van der Waals surface area (Å²) in [5.41, 5.74) is 1.26. The summed E-state index contributed by atoms with van der Waals surface area (Å²) in [5.74, 6) is 0.894. The lowest BCUT2D eigenvalue weighted by atomic mass is 10.2. The Morgan fingerprint density at radius 1 is 0.947 bits per heavy atom. The molecular weight excluding hydrogens is 370 g/mol. The molecule has 0 aromatic heterocycles. The molecule has 0 atom stereocenters. The Morgan fingerprint density at radius 3 is 2.42 bits per heavy atom. The van der Waals surface area contributed by atoms with Crippen LogP contribution in [0.15, 0.2) is 57.5 Å². The Morgan fingerprint density at radius 2 is 1.68 bits per heavy atom. The quantitative estimate of drug-likeness (QED) is 0.746.